The molecule has 0 rings (SSSR count). The number of nitrogens with zero attached hydrogens (tertiary/aromatic N) is 2. The molecule has 0 aliphatic carbocycles. The molecule has 0 atom stereocenters. The molecule has 70 valence electrons. The molecule has 0 aliphatic rings. The van der Waals surface area contributed by atoms with E-state index in [1.807, 2.05) is 21.0 Å². The summed E-state index contributed by atoms with van der Waals surface area (Å²) in [6.45, 7) is 7.16. The van der Waals surface area contributed by atoms with Crippen molar-refractivity contribution in [1.82, 2.24) is 4.90 Å². The minimum absolute atomic E-state index is 0.610. The van der Waals surface area contributed by atoms with E-state index in [1.165, 1.54) is 0 Å². The highest BCUT2D eigenvalue weighted by Crippen LogP contribution is 1.91. The molecule has 0 saturated carbocycles. The average Bonchev–Trinajstić information content (AvgIpc) is 2.05. The molecule has 0 aromatic rings. The van der Waals surface area contributed by atoms with Gasteiger partial charge in [-0.1, -0.05) is 11.7 Å². The van der Waals surface area contributed by atoms with Crippen molar-refractivity contribution in [3.63, 3.8) is 0 Å². The lowest BCUT2D eigenvalue weighted by molar-refractivity contribution is 0.158. The Kier molecular flexibility index (Phi) is 6.38. The summed E-state index contributed by atoms with van der Waals surface area (Å²) >= 11 is 0. The van der Waals surface area contributed by atoms with Gasteiger partial charge in [-0.2, -0.15) is 0 Å². The van der Waals surface area contributed by atoms with Crippen LogP contribution in [0.25, 0.3) is 0 Å². The predicted molar refractivity (Wildman–Crippen MR) is 52.4 cm³/mol. The number of rotatable bonds is 6. The molecule has 0 aromatic heterocycles. The molecular formula is C9H18N2O. The van der Waals surface area contributed by atoms with Crippen LogP contribution in [0.2, 0.25) is 0 Å². The Labute approximate surface area is 74.7 Å². The molecule has 0 aliphatic heterocycles. The van der Waals surface area contributed by atoms with E-state index < -0.39 is 0 Å². The number of allylic oxidation sites excluding steroid dienone is 1. The first-order chi connectivity index (χ1) is 5.70. The molecule has 0 amide bonds. The summed E-state index contributed by atoms with van der Waals surface area (Å²) in [6.07, 6.45) is 2.62. The predicted octanol–water partition coefficient (Wildman–Crippen LogP) is 1.52. The Balaban J connectivity index is 3.74. The van der Waals surface area contributed by atoms with Gasteiger partial charge < -0.3 is 9.74 Å². The van der Waals surface area contributed by atoms with Crippen molar-refractivity contribution in [1.29, 1.82) is 0 Å². The van der Waals surface area contributed by atoms with Crippen molar-refractivity contribution >= 4 is 5.71 Å². The summed E-state index contributed by atoms with van der Waals surface area (Å²) in [6, 6.07) is 0. The van der Waals surface area contributed by atoms with E-state index in [0.29, 0.717) is 6.61 Å². The Morgan fingerprint density at radius 3 is 2.67 bits per heavy atom. The molecule has 0 unspecified atom stereocenters. The van der Waals surface area contributed by atoms with E-state index in [4.69, 9.17) is 4.84 Å². The first kappa shape index (κ1) is 11.2. The first-order valence-corrected chi connectivity index (χ1v) is 4.16. The monoisotopic (exact) mass is 170 g/mol. The Bertz CT molecular complexity index is 153. The second kappa shape index (κ2) is 6.85. The zero-order chi connectivity index (χ0) is 9.40. The van der Waals surface area contributed by atoms with Crippen molar-refractivity contribution in [3.8, 4) is 0 Å². The average molecular weight is 170 g/mol. The zero-order valence-electron chi connectivity index (χ0n) is 8.21. The number of hydrogen-bond donors (Lipinski definition) is 0. The Morgan fingerprint density at radius 1 is 1.58 bits per heavy atom. The maximum Gasteiger partial charge on any atom is 0.114 e. The lowest BCUT2D eigenvalue weighted by atomic mass is 10.2. The fourth-order valence-corrected chi connectivity index (χ4v) is 0.671. The highest BCUT2D eigenvalue weighted by atomic mass is 16.6. The molecule has 0 N–H and O–H groups in total. The van der Waals surface area contributed by atoms with Crippen molar-refractivity contribution in [2.45, 2.75) is 13.3 Å². The van der Waals surface area contributed by atoms with Crippen LogP contribution < -0.4 is 0 Å². The molecule has 0 fully saturated rings. The van der Waals surface area contributed by atoms with Crippen LogP contribution in [-0.2, 0) is 4.84 Å². The van der Waals surface area contributed by atoms with Gasteiger partial charge in [0.05, 0.1) is 5.71 Å². The van der Waals surface area contributed by atoms with E-state index in [0.717, 1.165) is 18.7 Å². The number of hydrogen-bond acceptors (Lipinski definition) is 3. The molecule has 0 saturated heterocycles. The van der Waals surface area contributed by atoms with Gasteiger partial charge in [0, 0.05) is 13.0 Å². The van der Waals surface area contributed by atoms with Crippen LogP contribution >= 0.6 is 0 Å². The molecule has 0 aromatic carbocycles. The molecule has 0 spiro atoms. The normalized spacial score (nSPS) is 11.8. The molecular weight excluding hydrogens is 152 g/mol. The molecule has 0 heterocycles. The topological polar surface area (TPSA) is 24.8 Å². The maximum atomic E-state index is 4.92. The van der Waals surface area contributed by atoms with E-state index in [1.54, 1.807) is 6.08 Å². The second-order valence-electron chi connectivity index (χ2n) is 2.76. The van der Waals surface area contributed by atoms with E-state index >= 15 is 0 Å². The summed E-state index contributed by atoms with van der Waals surface area (Å²) < 4.78 is 0. The standard InChI is InChI=1S/C9H18N2O/c1-5-9(10-12-6-2)7-8-11(3)4/h5H,1,6-8H2,2-4H3. The third kappa shape index (κ3) is 5.92. The fraction of sp³-hybridized carbons (Fsp3) is 0.667. The van der Waals surface area contributed by atoms with Crippen LogP contribution in [0, 0.1) is 0 Å². The van der Waals surface area contributed by atoms with Crippen molar-refractivity contribution < 1.29 is 4.84 Å². The highest BCUT2D eigenvalue weighted by Gasteiger charge is 1.95. The summed E-state index contributed by atoms with van der Waals surface area (Å²) in [7, 11) is 4.06. The van der Waals surface area contributed by atoms with E-state index in [2.05, 4.69) is 16.6 Å². The highest BCUT2D eigenvalue weighted by molar-refractivity contribution is 5.94. The van der Waals surface area contributed by atoms with Gasteiger partial charge >= 0.3 is 0 Å². The summed E-state index contributed by atoms with van der Waals surface area (Å²) in [4.78, 5) is 7.02. The van der Waals surface area contributed by atoms with Crippen molar-refractivity contribution in [2.75, 3.05) is 27.2 Å². The van der Waals surface area contributed by atoms with E-state index in [-0.39, 0.29) is 0 Å². The van der Waals surface area contributed by atoms with Crippen LogP contribution in [0.1, 0.15) is 13.3 Å². The first-order valence-electron chi connectivity index (χ1n) is 4.16. The smallest absolute Gasteiger partial charge is 0.114 e. The van der Waals surface area contributed by atoms with Gasteiger partial charge in [-0.3, -0.25) is 0 Å². The third-order valence-corrected chi connectivity index (χ3v) is 1.36. The fourth-order valence-electron chi connectivity index (χ4n) is 0.671. The van der Waals surface area contributed by atoms with Gasteiger partial charge in [0.25, 0.3) is 0 Å². The Morgan fingerprint density at radius 2 is 2.25 bits per heavy atom. The largest absolute Gasteiger partial charge is 0.396 e. The van der Waals surface area contributed by atoms with Gasteiger partial charge in [0.2, 0.25) is 0 Å². The van der Waals surface area contributed by atoms with Crippen LogP contribution in [0.5, 0.6) is 0 Å². The number of oxime groups is 1. The summed E-state index contributed by atoms with van der Waals surface area (Å²) in [5.41, 5.74) is 0.908. The van der Waals surface area contributed by atoms with Gasteiger partial charge in [0.1, 0.15) is 6.61 Å². The summed E-state index contributed by atoms with van der Waals surface area (Å²) in [5.74, 6) is 0. The lowest BCUT2D eigenvalue weighted by Gasteiger charge is -2.08. The third-order valence-electron chi connectivity index (χ3n) is 1.36. The van der Waals surface area contributed by atoms with Gasteiger partial charge in [-0.05, 0) is 27.1 Å². The Hall–Kier alpha value is -0.830. The van der Waals surface area contributed by atoms with Gasteiger partial charge in [-0.15, -0.1) is 0 Å². The van der Waals surface area contributed by atoms with Crippen LogP contribution in [0.3, 0.4) is 0 Å². The molecule has 0 bridgehead atoms. The molecule has 12 heavy (non-hydrogen) atoms. The molecule has 0 radical (unpaired) electrons. The second-order valence-corrected chi connectivity index (χ2v) is 2.76. The van der Waals surface area contributed by atoms with Crippen molar-refractivity contribution in [3.05, 3.63) is 12.7 Å². The zero-order valence-corrected chi connectivity index (χ0v) is 8.21. The van der Waals surface area contributed by atoms with Gasteiger partial charge in [0.15, 0.2) is 0 Å². The van der Waals surface area contributed by atoms with Crippen LogP contribution in [0.4, 0.5) is 0 Å². The quantitative estimate of drug-likeness (QED) is 0.446. The minimum Gasteiger partial charge on any atom is -0.396 e. The molecule has 3 nitrogen and oxygen atoms in total. The summed E-state index contributed by atoms with van der Waals surface area (Å²) in [5, 5.41) is 3.90. The van der Waals surface area contributed by atoms with Gasteiger partial charge in [-0.25, -0.2) is 0 Å². The van der Waals surface area contributed by atoms with Crippen LogP contribution in [-0.4, -0.2) is 37.9 Å². The van der Waals surface area contributed by atoms with E-state index in [9.17, 15) is 0 Å². The van der Waals surface area contributed by atoms with Crippen LogP contribution in [0.15, 0.2) is 17.8 Å². The SMILES string of the molecule is C=CC(CCN(C)C)=NOCC. The lowest BCUT2D eigenvalue weighted by Crippen LogP contribution is -2.15. The maximum absolute atomic E-state index is 4.92. The van der Waals surface area contributed by atoms with Crippen molar-refractivity contribution in [2.24, 2.45) is 5.16 Å². The molecule has 3 heteroatoms. The minimum atomic E-state index is 0.610.